The third kappa shape index (κ3) is 4.39. The highest BCUT2D eigenvalue weighted by molar-refractivity contribution is 7.99. The molecule has 1 aliphatic rings. The van der Waals surface area contributed by atoms with Gasteiger partial charge in [-0.3, -0.25) is 4.79 Å². The van der Waals surface area contributed by atoms with E-state index in [0.717, 1.165) is 11.1 Å². The topological polar surface area (TPSA) is 80.5 Å². The van der Waals surface area contributed by atoms with Crippen LogP contribution < -0.4 is 0 Å². The van der Waals surface area contributed by atoms with Gasteiger partial charge in [0, 0.05) is 12.6 Å². The van der Waals surface area contributed by atoms with Gasteiger partial charge < -0.3 is 9.32 Å². The largest absolute Gasteiger partial charge is 0.431 e. The van der Waals surface area contributed by atoms with Crippen molar-refractivity contribution in [3.8, 4) is 0 Å². The van der Waals surface area contributed by atoms with Crippen molar-refractivity contribution >= 4 is 38.6 Å². The van der Waals surface area contributed by atoms with Crippen molar-refractivity contribution < 1.29 is 17.6 Å². The quantitative estimate of drug-likeness (QED) is 0.575. The molecule has 0 aliphatic carbocycles. The Morgan fingerprint density at radius 1 is 1.14 bits per heavy atom. The first-order valence-corrected chi connectivity index (χ1v) is 11.8. The van der Waals surface area contributed by atoms with E-state index in [-0.39, 0.29) is 29.2 Å². The van der Waals surface area contributed by atoms with Gasteiger partial charge in [-0.2, -0.15) is 0 Å². The molecule has 8 heteroatoms. The van der Waals surface area contributed by atoms with Crippen LogP contribution in [0.5, 0.6) is 0 Å². The second-order valence-electron chi connectivity index (χ2n) is 6.80. The summed E-state index contributed by atoms with van der Waals surface area (Å²) >= 11 is 1.23. The predicted molar refractivity (Wildman–Crippen MR) is 109 cm³/mol. The number of amides is 1. The van der Waals surface area contributed by atoms with E-state index in [0.29, 0.717) is 23.8 Å². The van der Waals surface area contributed by atoms with Gasteiger partial charge in [-0.25, -0.2) is 13.4 Å². The summed E-state index contributed by atoms with van der Waals surface area (Å²) in [5.74, 6) is 0.197. The van der Waals surface area contributed by atoms with Crippen LogP contribution in [0.25, 0.3) is 11.1 Å². The molecule has 1 aromatic heterocycles. The van der Waals surface area contributed by atoms with Crippen LogP contribution in [-0.4, -0.2) is 47.5 Å². The fourth-order valence-electron chi connectivity index (χ4n) is 3.34. The molecule has 3 aromatic rings. The minimum Gasteiger partial charge on any atom is -0.431 e. The van der Waals surface area contributed by atoms with Crippen LogP contribution >= 0.6 is 11.8 Å². The average molecular weight is 417 g/mol. The number of benzene rings is 2. The van der Waals surface area contributed by atoms with Gasteiger partial charge in [-0.1, -0.05) is 54.2 Å². The summed E-state index contributed by atoms with van der Waals surface area (Å²) in [7, 11) is -3.08. The molecule has 6 nitrogen and oxygen atoms in total. The van der Waals surface area contributed by atoms with Gasteiger partial charge in [0.1, 0.15) is 5.52 Å². The lowest BCUT2D eigenvalue weighted by molar-refractivity contribution is -0.130. The Bertz CT molecular complexity index is 1050. The predicted octanol–water partition coefficient (Wildman–Crippen LogP) is 3.14. The molecule has 0 radical (unpaired) electrons. The van der Waals surface area contributed by atoms with E-state index in [1.54, 1.807) is 4.90 Å². The van der Waals surface area contributed by atoms with Gasteiger partial charge in [0.25, 0.3) is 5.22 Å². The molecule has 4 rings (SSSR count). The van der Waals surface area contributed by atoms with Gasteiger partial charge in [-0.05, 0) is 24.1 Å². The number of fused-ring (bicyclic) bond motifs is 1. The van der Waals surface area contributed by atoms with E-state index >= 15 is 0 Å². The van der Waals surface area contributed by atoms with E-state index in [1.807, 2.05) is 54.6 Å². The number of sulfone groups is 1. The summed E-state index contributed by atoms with van der Waals surface area (Å²) in [5, 5.41) is 0.438. The van der Waals surface area contributed by atoms with Crippen molar-refractivity contribution in [3.05, 3.63) is 60.2 Å². The maximum absolute atomic E-state index is 13.0. The Morgan fingerprint density at radius 3 is 2.61 bits per heavy atom. The number of oxazole rings is 1. The van der Waals surface area contributed by atoms with Gasteiger partial charge >= 0.3 is 0 Å². The second-order valence-corrected chi connectivity index (χ2v) is 9.96. The molecule has 0 spiro atoms. The van der Waals surface area contributed by atoms with Crippen LogP contribution in [-0.2, 0) is 21.2 Å². The Hall–Kier alpha value is -2.32. The zero-order valence-electron chi connectivity index (χ0n) is 15.2. The number of carbonyl (C=O) groups is 1. The van der Waals surface area contributed by atoms with Crippen LogP contribution in [0.1, 0.15) is 12.0 Å². The van der Waals surface area contributed by atoms with Crippen LogP contribution in [0.3, 0.4) is 0 Å². The summed E-state index contributed by atoms with van der Waals surface area (Å²) in [5.41, 5.74) is 2.41. The summed E-state index contributed by atoms with van der Waals surface area (Å²) in [6.07, 6.45) is 0.481. The molecule has 0 N–H and O–H groups in total. The van der Waals surface area contributed by atoms with E-state index in [4.69, 9.17) is 4.42 Å². The molecule has 146 valence electrons. The molecule has 1 fully saturated rings. The monoisotopic (exact) mass is 416 g/mol. The highest BCUT2D eigenvalue weighted by atomic mass is 32.2. The average Bonchev–Trinajstić information content (AvgIpc) is 3.27. The van der Waals surface area contributed by atoms with Crippen molar-refractivity contribution in [2.24, 2.45) is 0 Å². The normalized spacial score (nSPS) is 18.4. The van der Waals surface area contributed by atoms with Crippen molar-refractivity contribution in [1.29, 1.82) is 0 Å². The minimum absolute atomic E-state index is 0.0269. The maximum atomic E-state index is 13.0. The van der Waals surface area contributed by atoms with E-state index < -0.39 is 9.84 Å². The number of rotatable bonds is 6. The van der Waals surface area contributed by atoms with Crippen molar-refractivity contribution in [3.63, 3.8) is 0 Å². The zero-order valence-corrected chi connectivity index (χ0v) is 16.8. The molecule has 2 aromatic carbocycles. The summed E-state index contributed by atoms with van der Waals surface area (Å²) in [4.78, 5) is 19.0. The molecule has 28 heavy (non-hydrogen) atoms. The van der Waals surface area contributed by atoms with Gasteiger partial charge in [-0.15, -0.1) is 0 Å². The molecular weight excluding hydrogens is 396 g/mol. The first-order chi connectivity index (χ1) is 13.5. The molecular formula is C20H20N2O4S2. The highest BCUT2D eigenvalue weighted by Gasteiger charge is 2.34. The van der Waals surface area contributed by atoms with E-state index in [2.05, 4.69) is 4.98 Å². The van der Waals surface area contributed by atoms with Crippen LogP contribution in [0.15, 0.2) is 64.2 Å². The van der Waals surface area contributed by atoms with Gasteiger partial charge in [0.15, 0.2) is 15.4 Å². The molecule has 0 saturated carbocycles. The number of thioether (sulfide) groups is 1. The number of aromatic nitrogens is 1. The van der Waals surface area contributed by atoms with Crippen LogP contribution in [0, 0.1) is 0 Å². The highest BCUT2D eigenvalue weighted by Crippen LogP contribution is 2.25. The van der Waals surface area contributed by atoms with Crippen molar-refractivity contribution in [1.82, 2.24) is 9.88 Å². The Kier molecular flexibility index (Phi) is 5.41. The molecule has 2 heterocycles. The molecule has 1 saturated heterocycles. The Labute approximate surface area is 167 Å². The zero-order chi connectivity index (χ0) is 19.6. The lowest BCUT2D eigenvalue weighted by Crippen LogP contribution is -2.41. The minimum atomic E-state index is -3.08. The first kappa shape index (κ1) is 19.0. The van der Waals surface area contributed by atoms with Crippen molar-refractivity contribution in [2.75, 3.05) is 17.3 Å². The van der Waals surface area contributed by atoms with Crippen LogP contribution in [0.2, 0.25) is 0 Å². The third-order valence-electron chi connectivity index (χ3n) is 4.76. The molecule has 0 bridgehead atoms. The first-order valence-electron chi connectivity index (χ1n) is 9.02. The number of hydrogen-bond acceptors (Lipinski definition) is 6. The summed E-state index contributed by atoms with van der Waals surface area (Å²) in [6, 6.07) is 16.8. The van der Waals surface area contributed by atoms with Crippen LogP contribution in [0.4, 0.5) is 0 Å². The molecule has 1 aliphatic heterocycles. The SMILES string of the molecule is O=C(CSc1nc2ccccc2o1)N(Cc1ccccc1)C1CCS(=O)(=O)C1. The fraction of sp³-hybridized carbons (Fsp3) is 0.300. The molecule has 1 unspecified atom stereocenters. The number of nitrogens with zero attached hydrogens (tertiary/aromatic N) is 2. The molecule has 1 atom stereocenters. The lowest BCUT2D eigenvalue weighted by atomic mass is 10.1. The maximum Gasteiger partial charge on any atom is 0.257 e. The smallest absolute Gasteiger partial charge is 0.257 e. The second kappa shape index (κ2) is 7.97. The summed E-state index contributed by atoms with van der Waals surface area (Å²) in [6.45, 7) is 0.397. The van der Waals surface area contributed by atoms with E-state index in [1.165, 1.54) is 11.8 Å². The van der Waals surface area contributed by atoms with Gasteiger partial charge in [0.05, 0.1) is 17.3 Å². The fourth-order valence-corrected chi connectivity index (χ4v) is 5.80. The number of hydrogen-bond donors (Lipinski definition) is 0. The summed E-state index contributed by atoms with van der Waals surface area (Å²) < 4.78 is 29.5. The van der Waals surface area contributed by atoms with E-state index in [9.17, 15) is 13.2 Å². The lowest BCUT2D eigenvalue weighted by Gasteiger charge is -2.28. The third-order valence-corrected chi connectivity index (χ3v) is 7.32. The van der Waals surface area contributed by atoms with Gasteiger partial charge in [0.2, 0.25) is 5.91 Å². The molecule has 1 amide bonds. The Morgan fingerprint density at radius 2 is 1.89 bits per heavy atom. The standard InChI is InChI=1S/C20H20N2O4S2/c23-19(13-27-20-21-17-8-4-5-9-18(17)26-20)22(12-15-6-2-1-3-7-15)16-10-11-28(24,25)14-16/h1-9,16H,10-14H2. The number of carbonyl (C=O) groups excluding carboxylic acids is 1. The Balaban J connectivity index is 1.49. The number of para-hydroxylation sites is 2. The van der Waals surface area contributed by atoms with Crippen molar-refractivity contribution in [2.45, 2.75) is 24.2 Å².